The van der Waals surface area contributed by atoms with E-state index < -0.39 is 0 Å². The van der Waals surface area contributed by atoms with Crippen LogP contribution in [0.1, 0.15) is 25.0 Å². The van der Waals surface area contributed by atoms with Gasteiger partial charge in [-0.15, -0.1) is 0 Å². The molecule has 0 radical (unpaired) electrons. The molecule has 1 atom stereocenters. The van der Waals surface area contributed by atoms with Crippen molar-refractivity contribution in [2.75, 3.05) is 13.7 Å². The minimum absolute atomic E-state index is 0.122. The number of aliphatic imine (C=N–C) groups is 1. The minimum Gasteiger partial charge on any atom is -0.497 e. The second kappa shape index (κ2) is 8.61. The van der Waals surface area contributed by atoms with Crippen molar-refractivity contribution in [3.8, 4) is 5.75 Å². The average Bonchev–Trinajstić information content (AvgIpc) is 2.92. The van der Waals surface area contributed by atoms with Gasteiger partial charge < -0.3 is 4.74 Å². The van der Waals surface area contributed by atoms with Gasteiger partial charge in [0.1, 0.15) is 5.75 Å². The molecule has 1 amide bonds. The van der Waals surface area contributed by atoms with E-state index in [4.69, 9.17) is 9.73 Å². The van der Waals surface area contributed by atoms with Gasteiger partial charge in [0, 0.05) is 6.54 Å². The maximum atomic E-state index is 13.0. The van der Waals surface area contributed by atoms with Crippen LogP contribution in [0.2, 0.25) is 0 Å². The molecule has 0 unspecified atom stereocenters. The third kappa shape index (κ3) is 4.92. The summed E-state index contributed by atoms with van der Waals surface area (Å²) in [6.07, 6.45) is 0.722. The Morgan fingerprint density at radius 1 is 1.11 bits per heavy atom. The van der Waals surface area contributed by atoms with E-state index in [0.29, 0.717) is 12.5 Å². The van der Waals surface area contributed by atoms with Gasteiger partial charge in [-0.25, -0.2) is 4.99 Å². The van der Waals surface area contributed by atoms with Crippen molar-refractivity contribution in [2.24, 2.45) is 10.9 Å². The van der Waals surface area contributed by atoms with E-state index in [1.807, 2.05) is 29.2 Å². The van der Waals surface area contributed by atoms with Gasteiger partial charge in [0.2, 0.25) is 5.91 Å². The summed E-state index contributed by atoms with van der Waals surface area (Å²) in [5.74, 6) is 1.33. The van der Waals surface area contributed by atoms with E-state index in [-0.39, 0.29) is 11.2 Å². The Hall–Kier alpha value is -2.27. The SMILES string of the molecule is COc1ccc(N=C2S[C@@H](Cc3ccc(C)cc3)C(=O)N2CC(C)C)cc1. The Morgan fingerprint density at radius 3 is 2.37 bits per heavy atom. The number of ether oxygens (including phenoxy) is 1. The number of nitrogens with zero attached hydrogens (tertiary/aromatic N) is 2. The number of carbonyl (C=O) groups excluding carboxylic acids is 1. The fourth-order valence-electron chi connectivity index (χ4n) is 2.96. The maximum absolute atomic E-state index is 13.0. The van der Waals surface area contributed by atoms with Crippen LogP contribution in [-0.4, -0.2) is 34.9 Å². The van der Waals surface area contributed by atoms with Gasteiger partial charge in [0.05, 0.1) is 18.0 Å². The number of rotatable bonds is 6. The minimum atomic E-state index is -0.122. The molecule has 0 bridgehead atoms. The highest BCUT2D eigenvalue weighted by atomic mass is 32.2. The number of hydrogen-bond donors (Lipinski definition) is 0. The first kappa shape index (κ1) is 19.5. The zero-order valence-corrected chi connectivity index (χ0v) is 17.1. The van der Waals surface area contributed by atoms with Crippen LogP contribution < -0.4 is 4.74 Å². The first-order chi connectivity index (χ1) is 13.0. The maximum Gasteiger partial charge on any atom is 0.242 e. The summed E-state index contributed by atoms with van der Waals surface area (Å²) in [6.45, 7) is 7.00. The molecule has 1 heterocycles. The molecule has 3 rings (SSSR count). The summed E-state index contributed by atoms with van der Waals surface area (Å²) in [6, 6.07) is 16.0. The van der Waals surface area contributed by atoms with Crippen LogP contribution in [0.4, 0.5) is 5.69 Å². The molecule has 1 fully saturated rings. The lowest BCUT2D eigenvalue weighted by atomic mass is 10.1. The number of methoxy groups -OCH3 is 1. The molecule has 27 heavy (non-hydrogen) atoms. The van der Waals surface area contributed by atoms with E-state index in [0.717, 1.165) is 23.0 Å². The standard InChI is InChI=1S/C22H26N2O2S/c1-15(2)14-24-21(25)20(13-17-7-5-16(3)6-8-17)27-22(24)23-18-9-11-19(26-4)12-10-18/h5-12,15,20H,13-14H2,1-4H3/t20-/m0/s1. The molecule has 0 spiro atoms. The Labute approximate surface area is 165 Å². The number of benzene rings is 2. The number of amides is 1. The molecule has 4 nitrogen and oxygen atoms in total. The summed E-state index contributed by atoms with van der Waals surface area (Å²) in [5, 5.41) is 0.666. The Balaban J connectivity index is 1.83. The first-order valence-electron chi connectivity index (χ1n) is 9.22. The van der Waals surface area contributed by atoms with Crippen molar-refractivity contribution in [1.29, 1.82) is 0 Å². The van der Waals surface area contributed by atoms with E-state index in [2.05, 4.69) is 45.0 Å². The fourth-order valence-corrected chi connectivity index (χ4v) is 4.17. The second-order valence-corrected chi connectivity index (χ2v) is 8.40. The second-order valence-electron chi connectivity index (χ2n) is 7.23. The van der Waals surface area contributed by atoms with Gasteiger partial charge >= 0.3 is 0 Å². The molecule has 2 aromatic carbocycles. The summed E-state index contributed by atoms with van der Waals surface area (Å²) >= 11 is 1.57. The molecular weight excluding hydrogens is 356 g/mol. The van der Waals surface area contributed by atoms with Gasteiger partial charge in [-0.1, -0.05) is 55.4 Å². The van der Waals surface area contributed by atoms with Crippen LogP contribution in [0, 0.1) is 12.8 Å². The summed E-state index contributed by atoms with van der Waals surface area (Å²) in [4.78, 5) is 19.6. The molecule has 142 valence electrons. The number of carbonyl (C=O) groups is 1. The molecule has 1 saturated heterocycles. The first-order valence-corrected chi connectivity index (χ1v) is 10.1. The van der Waals surface area contributed by atoms with Crippen LogP contribution in [0.25, 0.3) is 0 Å². The van der Waals surface area contributed by atoms with Gasteiger partial charge in [-0.2, -0.15) is 0 Å². The van der Waals surface area contributed by atoms with E-state index >= 15 is 0 Å². The van der Waals surface area contributed by atoms with Gasteiger partial charge in [-0.3, -0.25) is 9.69 Å². The van der Waals surface area contributed by atoms with Gasteiger partial charge in [0.15, 0.2) is 5.17 Å². The third-order valence-electron chi connectivity index (χ3n) is 4.41. The predicted octanol–water partition coefficient (Wildman–Crippen LogP) is 4.83. The van der Waals surface area contributed by atoms with Crippen molar-refractivity contribution in [3.63, 3.8) is 0 Å². The van der Waals surface area contributed by atoms with Crippen LogP contribution in [0.3, 0.4) is 0 Å². The van der Waals surface area contributed by atoms with Crippen molar-refractivity contribution < 1.29 is 9.53 Å². The van der Waals surface area contributed by atoms with Crippen molar-refractivity contribution in [3.05, 3.63) is 59.7 Å². The Morgan fingerprint density at radius 2 is 1.78 bits per heavy atom. The highest BCUT2D eigenvalue weighted by Crippen LogP contribution is 2.32. The Kier molecular flexibility index (Phi) is 6.22. The van der Waals surface area contributed by atoms with Crippen molar-refractivity contribution >= 4 is 28.5 Å². The number of amidine groups is 1. The van der Waals surface area contributed by atoms with Gasteiger partial charge in [0.25, 0.3) is 0 Å². The van der Waals surface area contributed by atoms with Crippen LogP contribution in [-0.2, 0) is 11.2 Å². The van der Waals surface area contributed by atoms with E-state index in [9.17, 15) is 4.79 Å². The lowest BCUT2D eigenvalue weighted by molar-refractivity contribution is -0.126. The number of aryl methyl sites for hydroxylation is 1. The lowest BCUT2D eigenvalue weighted by Gasteiger charge is -2.18. The molecule has 1 aliphatic rings. The molecule has 1 aliphatic heterocycles. The number of hydrogen-bond acceptors (Lipinski definition) is 4. The molecule has 0 N–H and O–H groups in total. The van der Waals surface area contributed by atoms with Gasteiger partial charge in [-0.05, 0) is 49.1 Å². The summed E-state index contributed by atoms with van der Waals surface area (Å²) in [5.41, 5.74) is 3.24. The average molecular weight is 383 g/mol. The Bertz CT molecular complexity index is 813. The molecule has 5 heteroatoms. The molecule has 2 aromatic rings. The quantitative estimate of drug-likeness (QED) is 0.718. The molecule has 0 aromatic heterocycles. The summed E-state index contributed by atoms with van der Waals surface area (Å²) < 4.78 is 5.20. The van der Waals surface area contributed by atoms with Crippen molar-refractivity contribution in [1.82, 2.24) is 4.90 Å². The van der Waals surface area contributed by atoms with Crippen LogP contribution in [0.15, 0.2) is 53.5 Å². The molecular formula is C22H26N2O2S. The fraction of sp³-hybridized carbons (Fsp3) is 0.364. The predicted molar refractivity (Wildman–Crippen MR) is 113 cm³/mol. The smallest absolute Gasteiger partial charge is 0.242 e. The topological polar surface area (TPSA) is 41.9 Å². The molecule has 0 saturated carbocycles. The molecule has 0 aliphatic carbocycles. The monoisotopic (exact) mass is 382 g/mol. The zero-order chi connectivity index (χ0) is 19.4. The number of thioether (sulfide) groups is 1. The van der Waals surface area contributed by atoms with E-state index in [1.165, 1.54) is 11.1 Å². The summed E-state index contributed by atoms with van der Waals surface area (Å²) in [7, 11) is 1.65. The normalized spacial score (nSPS) is 18.6. The van der Waals surface area contributed by atoms with Crippen molar-refractivity contribution in [2.45, 2.75) is 32.4 Å². The lowest BCUT2D eigenvalue weighted by Crippen LogP contribution is -2.35. The van der Waals surface area contributed by atoms with E-state index in [1.54, 1.807) is 18.9 Å². The van der Waals surface area contributed by atoms with Crippen LogP contribution in [0.5, 0.6) is 5.75 Å². The van der Waals surface area contributed by atoms with Crippen LogP contribution >= 0.6 is 11.8 Å². The highest BCUT2D eigenvalue weighted by Gasteiger charge is 2.38. The highest BCUT2D eigenvalue weighted by molar-refractivity contribution is 8.15. The zero-order valence-electron chi connectivity index (χ0n) is 16.3. The third-order valence-corrected chi connectivity index (χ3v) is 5.58. The largest absolute Gasteiger partial charge is 0.497 e.